The fourth-order valence-corrected chi connectivity index (χ4v) is 6.02. The Balaban J connectivity index is 1.47. The van der Waals surface area contributed by atoms with Crippen LogP contribution in [0.4, 0.5) is 5.69 Å². The van der Waals surface area contributed by atoms with Crippen molar-refractivity contribution < 1.29 is 28.6 Å². The van der Waals surface area contributed by atoms with Crippen LogP contribution in [0, 0.1) is 12.3 Å². The van der Waals surface area contributed by atoms with E-state index in [1.165, 1.54) is 11.8 Å². The number of hydrogen-bond acceptors (Lipinski definition) is 7. The van der Waals surface area contributed by atoms with Gasteiger partial charge in [0.25, 0.3) is 0 Å². The summed E-state index contributed by atoms with van der Waals surface area (Å²) in [5.74, 6) is 3.28. The highest BCUT2D eigenvalue weighted by Gasteiger charge is 2.43. The summed E-state index contributed by atoms with van der Waals surface area (Å²) in [5.41, 5.74) is 8.12. The maximum atomic E-state index is 13.7. The summed E-state index contributed by atoms with van der Waals surface area (Å²) in [5, 5.41) is 1.87. The Kier molecular flexibility index (Phi) is 10.3. The van der Waals surface area contributed by atoms with Crippen LogP contribution in [0.25, 0.3) is 0 Å². The number of ether oxygens (including phenoxy) is 3. The van der Waals surface area contributed by atoms with Crippen molar-refractivity contribution in [3.63, 3.8) is 0 Å². The molecule has 10 heteroatoms. The lowest BCUT2D eigenvalue weighted by Gasteiger charge is -2.24. The molecule has 0 bridgehead atoms. The normalized spacial score (nSPS) is 16.0. The summed E-state index contributed by atoms with van der Waals surface area (Å²) in [7, 11) is 1.59. The number of nitrogens with two attached hydrogens (primary N) is 1. The van der Waals surface area contributed by atoms with E-state index >= 15 is 0 Å². The molecule has 1 heterocycles. The molecule has 218 valence electrons. The molecule has 1 aliphatic rings. The molecule has 0 aromatic heterocycles. The molecule has 0 saturated carbocycles. The zero-order chi connectivity index (χ0) is 30.1. The van der Waals surface area contributed by atoms with Gasteiger partial charge in [0, 0.05) is 24.2 Å². The zero-order valence-corrected chi connectivity index (χ0v) is 24.3. The molecule has 2 unspecified atom stereocenters. The van der Waals surface area contributed by atoms with Crippen molar-refractivity contribution in [3.05, 3.63) is 83.4 Å². The first-order chi connectivity index (χ1) is 20.3. The van der Waals surface area contributed by atoms with Crippen LogP contribution < -0.4 is 30.2 Å². The number of rotatable bonds is 13. The summed E-state index contributed by atoms with van der Waals surface area (Å²) in [6.45, 7) is 2.96. The van der Waals surface area contributed by atoms with Gasteiger partial charge < -0.3 is 25.3 Å². The average molecular weight is 588 g/mol. The number of primary amides is 1. The molecule has 3 aromatic carbocycles. The van der Waals surface area contributed by atoms with Crippen LogP contribution in [0.3, 0.4) is 0 Å². The van der Waals surface area contributed by atoms with Crippen molar-refractivity contribution in [1.82, 2.24) is 5.32 Å². The van der Waals surface area contributed by atoms with Gasteiger partial charge in [-0.3, -0.25) is 19.3 Å². The molecule has 0 radical (unpaired) electrons. The maximum Gasteiger partial charge on any atom is 0.248 e. The van der Waals surface area contributed by atoms with Crippen molar-refractivity contribution >= 4 is 35.2 Å². The second kappa shape index (κ2) is 14.3. The summed E-state index contributed by atoms with van der Waals surface area (Å²) in [6.07, 6.45) is 5.87. The first-order valence-corrected chi connectivity index (χ1v) is 14.4. The van der Waals surface area contributed by atoms with Crippen LogP contribution in [0.5, 0.6) is 17.2 Å². The highest BCUT2D eigenvalue weighted by atomic mass is 32.2. The molecule has 42 heavy (non-hydrogen) atoms. The van der Waals surface area contributed by atoms with E-state index in [4.69, 9.17) is 26.4 Å². The molecule has 0 aliphatic carbocycles. The number of hydrogen-bond donors (Lipinski definition) is 2. The van der Waals surface area contributed by atoms with Crippen molar-refractivity contribution in [2.24, 2.45) is 5.73 Å². The molecule has 9 nitrogen and oxygen atoms in total. The fourth-order valence-electron chi connectivity index (χ4n) is 4.57. The number of nitrogens with zero attached hydrogens (tertiary/aromatic N) is 1. The van der Waals surface area contributed by atoms with E-state index in [2.05, 4.69) is 11.2 Å². The standard InChI is InChI=1S/C32H33N3O6S/c1-4-17-41-25-12-10-22(11-13-25)32-35(24-8-6-7-23(19-24)30(33)37)31(38)28(42-32)20-29(36)34-16-15-21-9-14-26(39-3)27(18-21)40-5-2/h1,6-14,18-19,28,32H,5,15-17,20H2,2-3H3,(H2,33,37)(H,34,36). The summed E-state index contributed by atoms with van der Waals surface area (Å²) in [6, 6.07) is 19.6. The Morgan fingerprint density at radius 1 is 1.07 bits per heavy atom. The van der Waals surface area contributed by atoms with E-state index in [1.807, 2.05) is 37.3 Å². The fraction of sp³-hybridized carbons (Fsp3) is 0.281. The van der Waals surface area contributed by atoms with Crippen LogP contribution in [-0.2, 0) is 16.0 Å². The average Bonchev–Trinajstić information content (AvgIpc) is 3.32. The molecule has 1 fully saturated rings. The van der Waals surface area contributed by atoms with Gasteiger partial charge in [-0.25, -0.2) is 0 Å². The largest absolute Gasteiger partial charge is 0.493 e. The second-order valence-corrected chi connectivity index (χ2v) is 10.7. The van der Waals surface area contributed by atoms with Gasteiger partial charge in [0.2, 0.25) is 17.7 Å². The van der Waals surface area contributed by atoms with Crippen LogP contribution in [0.1, 0.15) is 40.2 Å². The lowest BCUT2D eigenvalue weighted by atomic mass is 10.1. The third kappa shape index (κ3) is 7.36. The zero-order valence-electron chi connectivity index (χ0n) is 23.5. The Morgan fingerprint density at radius 3 is 2.55 bits per heavy atom. The second-order valence-electron chi connectivity index (χ2n) is 9.38. The minimum Gasteiger partial charge on any atom is -0.493 e. The van der Waals surface area contributed by atoms with Gasteiger partial charge in [0.15, 0.2) is 11.5 Å². The topological polar surface area (TPSA) is 120 Å². The lowest BCUT2D eigenvalue weighted by molar-refractivity contribution is -0.124. The van der Waals surface area contributed by atoms with E-state index in [0.29, 0.717) is 42.5 Å². The highest BCUT2D eigenvalue weighted by Crippen LogP contribution is 2.47. The molecule has 1 saturated heterocycles. The Bertz CT molecular complexity index is 1470. The minimum absolute atomic E-state index is 0.00217. The number of amides is 3. The van der Waals surface area contributed by atoms with Gasteiger partial charge in [-0.05, 0) is 66.9 Å². The van der Waals surface area contributed by atoms with E-state index < -0.39 is 16.5 Å². The number of terminal acetylenes is 1. The molecule has 2 atom stereocenters. The first-order valence-electron chi connectivity index (χ1n) is 13.5. The Morgan fingerprint density at radius 2 is 1.86 bits per heavy atom. The third-order valence-corrected chi connectivity index (χ3v) is 8.01. The minimum atomic E-state index is -0.629. The number of anilines is 1. The van der Waals surface area contributed by atoms with Gasteiger partial charge >= 0.3 is 0 Å². The van der Waals surface area contributed by atoms with Gasteiger partial charge in [0.1, 0.15) is 17.7 Å². The van der Waals surface area contributed by atoms with Crippen molar-refractivity contribution in [2.75, 3.05) is 31.8 Å². The smallest absolute Gasteiger partial charge is 0.248 e. The van der Waals surface area contributed by atoms with Crippen molar-refractivity contribution in [1.29, 1.82) is 0 Å². The number of thioether (sulfide) groups is 1. The summed E-state index contributed by atoms with van der Waals surface area (Å²) < 4.78 is 16.4. The quantitative estimate of drug-likeness (QED) is 0.289. The molecular weight excluding hydrogens is 554 g/mol. The number of carbonyl (C=O) groups excluding carboxylic acids is 3. The number of carbonyl (C=O) groups is 3. The first kappa shape index (κ1) is 30.3. The van der Waals surface area contributed by atoms with Gasteiger partial charge in [-0.2, -0.15) is 0 Å². The van der Waals surface area contributed by atoms with E-state index in [0.717, 1.165) is 11.1 Å². The number of benzene rings is 3. The third-order valence-electron chi connectivity index (χ3n) is 6.57. The highest BCUT2D eigenvalue weighted by molar-refractivity contribution is 8.01. The molecule has 3 N–H and O–H groups in total. The van der Waals surface area contributed by atoms with E-state index in [1.54, 1.807) is 48.4 Å². The van der Waals surface area contributed by atoms with Crippen LogP contribution in [-0.4, -0.2) is 49.8 Å². The number of methoxy groups -OCH3 is 1. The van der Waals surface area contributed by atoms with Gasteiger partial charge in [-0.15, -0.1) is 18.2 Å². The Hall–Kier alpha value is -4.62. The van der Waals surface area contributed by atoms with E-state index in [9.17, 15) is 14.4 Å². The Labute approximate surface area is 249 Å². The molecule has 3 aromatic rings. The number of nitrogens with one attached hydrogen (secondary N) is 1. The maximum absolute atomic E-state index is 13.7. The van der Waals surface area contributed by atoms with Gasteiger partial charge in [-0.1, -0.05) is 30.2 Å². The van der Waals surface area contributed by atoms with Crippen LogP contribution >= 0.6 is 11.8 Å². The van der Waals surface area contributed by atoms with Crippen molar-refractivity contribution in [2.45, 2.75) is 30.4 Å². The summed E-state index contributed by atoms with van der Waals surface area (Å²) in [4.78, 5) is 40.1. The van der Waals surface area contributed by atoms with Crippen LogP contribution in [0.15, 0.2) is 66.7 Å². The molecule has 3 amide bonds. The van der Waals surface area contributed by atoms with Gasteiger partial charge in [0.05, 0.1) is 19.0 Å². The molecule has 0 spiro atoms. The molecular formula is C32H33N3O6S. The van der Waals surface area contributed by atoms with Crippen molar-refractivity contribution in [3.8, 4) is 29.6 Å². The van der Waals surface area contributed by atoms with Crippen LogP contribution in [0.2, 0.25) is 0 Å². The SMILES string of the molecule is C#CCOc1ccc(C2SC(CC(=O)NCCc3ccc(OC)c(OCC)c3)C(=O)N2c2cccc(C(N)=O)c2)cc1. The lowest BCUT2D eigenvalue weighted by Crippen LogP contribution is -2.34. The van der Waals surface area contributed by atoms with E-state index in [-0.39, 0.29) is 30.4 Å². The summed E-state index contributed by atoms with van der Waals surface area (Å²) >= 11 is 1.38. The predicted molar refractivity (Wildman–Crippen MR) is 163 cm³/mol. The molecule has 4 rings (SSSR count). The predicted octanol–water partition coefficient (Wildman–Crippen LogP) is 4.10. The molecule has 1 aliphatic heterocycles. The monoisotopic (exact) mass is 587 g/mol.